The van der Waals surface area contributed by atoms with Gasteiger partial charge in [-0.2, -0.15) is 0 Å². The average molecular weight is 440 g/mol. The summed E-state index contributed by atoms with van der Waals surface area (Å²) in [7, 11) is 0. The van der Waals surface area contributed by atoms with Crippen molar-refractivity contribution < 1.29 is 4.79 Å². The van der Waals surface area contributed by atoms with Crippen LogP contribution < -0.4 is 9.80 Å². The van der Waals surface area contributed by atoms with Gasteiger partial charge in [0.2, 0.25) is 0 Å². The van der Waals surface area contributed by atoms with Crippen LogP contribution in [0.4, 0.5) is 10.9 Å². The van der Waals surface area contributed by atoms with Crippen molar-refractivity contribution in [2.45, 2.75) is 33.1 Å². The number of halogens is 1. The normalized spacial score (nSPS) is 16.3. The lowest BCUT2D eigenvalue weighted by Crippen LogP contribution is -2.37. The summed E-state index contributed by atoms with van der Waals surface area (Å²) in [5, 5.41) is 1.49. The summed E-state index contributed by atoms with van der Waals surface area (Å²) < 4.78 is 0. The standard InChI is InChI=1S/C22H22ClN5OS/c1-13-9-14(2)19(25-11-13)15-10-18(24-12-16(15)23)28-8-5-17-20(21(28)29)30-22(26-17)27-6-3-4-7-27/h9-12H,3-8H2,1-2H3. The Labute approximate surface area is 184 Å². The zero-order chi connectivity index (χ0) is 20.8. The topological polar surface area (TPSA) is 62.2 Å². The molecule has 0 spiro atoms. The molecule has 6 nitrogen and oxygen atoms in total. The van der Waals surface area contributed by atoms with Gasteiger partial charge < -0.3 is 4.90 Å². The number of carbonyl (C=O) groups is 1. The van der Waals surface area contributed by atoms with Gasteiger partial charge in [-0.1, -0.05) is 29.0 Å². The number of pyridine rings is 2. The molecule has 0 aliphatic carbocycles. The number of aryl methyl sites for hydroxylation is 2. The highest BCUT2D eigenvalue weighted by Gasteiger charge is 2.32. The zero-order valence-electron chi connectivity index (χ0n) is 17.0. The van der Waals surface area contributed by atoms with Gasteiger partial charge in [0.05, 0.1) is 16.4 Å². The van der Waals surface area contributed by atoms with Crippen molar-refractivity contribution in [2.24, 2.45) is 0 Å². The molecular weight excluding hydrogens is 418 g/mol. The minimum absolute atomic E-state index is 0.0337. The van der Waals surface area contributed by atoms with E-state index in [9.17, 15) is 4.79 Å². The fourth-order valence-corrected chi connectivity index (χ4v) is 5.44. The fourth-order valence-electron chi connectivity index (χ4n) is 4.13. The van der Waals surface area contributed by atoms with Crippen LogP contribution in [-0.4, -0.2) is 40.5 Å². The molecule has 3 aromatic heterocycles. The molecule has 8 heteroatoms. The summed E-state index contributed by atoms with van der Waals surface area (Å²) in [6, 6.07) is 3.95. The quantitative estimate of drug-likeness (QED) is 0.593. The van der Waals surface area contributed by atoms with Gasteiger partial charge in [0, 0.05) is 44.0 Å². The molecule has 0 radical (unpaired) electrons. The van der Waals surface area contributed by atoms with Crippen LogP contribution in [-0.2, 0) is 6.42 Å². The van der Waals surface area contributed by atoms with Crippen LogP contribution >= 0.6 is 22.9 Å². The second kappa shape index (κ2) is 7.63. The van der Waals surface area contributed by atoms with E-state index in [1.807, 2.05) is 26.1 Å². The summed E-state index contributed by atoms with van der Waals surface area (Å²) in [6.07, 6.45) is 6.54. The number of thiazole rings is 1. The molecular formula is C22H22ClN5OS. The summed E-state index contributed by atoms with van der Waals surface area (Å²) in [6.45, 7) is 6.63. The summed E-state index contributed by atoms with van der Waals surface area (Å²) in [5.41, 5.74) is 4.65. The Morgan fingerprint density at radius 3 is 2.63 bits per heavy atom. The third-order valence-corrected chi connectivity index (χ3v) is 7.11. The SMILES string of the molecule is Cc1cnc(-c2cc(N3CCc4nc(N5CCCC5)sc4C3=O)ncc2Cl)c(C)c1. The lowest BCUT2D eigenvalue weighted by Gasteiger charge is -2.25. The highest BCUT2D eigenvalue weighted by molar-refractivity contribution is 7.17. The number of aromatic nitrogens is 3. The van der Waals surface area contributed by atoms with E-state index in [1.54, 1.807) is 11.1 Å². The highest BCUT2D eigenvalue weighted by atomic mass is 35.5. The van der Waals surface area contributed by atoms with Crippen molar-refractivity contribution in [3.05, 3.63) is 51.2 Å². The molecule has 1 amide bonds. The molecule has 2 aliphatic heterocycles. The van der Waals surface area contributed by atoms with Crippen molar-refractivity contribution in [3.63, 3.8) is 0 Å². The second-order valence-corrected chi connectivity index (χ2v) is 9.26. The Morgan fingerprint density at radius 1 is 1.07 bits per heavy atom. The molecule has 1 fully saturated rings. The third-order valence-electron chi connectivity index (χ3n) is 5.66. The van der Waals surface area contributed by atoms with Crippen LogP contribution in [0.5, 0.6) is 0 Å². The maximum Gasteiger partial charge on any atom is 0.271 e. The van der Waals surface area contributed by atoms with Crippen LogP contribution in [0.3, 0.4) is 0 Å². The van der Waals surface area contributed by atoms with E-state index >= 15 is 0 Å². The van der Waals surface area contributed by atoms with E-state index in [2.05, 4.69) is 20.9 Å². The van der Waals surface area contributed by atoms with Crippen molar-refractivity contribution in [3.8, 4) is 11.3 Å². The number of fused-ring (bicyclic) bond motifs is 1. The van der Waals surface area contributed by atoms with Gasteiger partial charge in [-0.3, -0.25) is 14.7 Å². The van der Waals surface area contributed by atoms with Crippen LogP contribution in [0.2, 0.25) is 5.02 Å². The zero-order valence-corrected chi connectivity index (χ0v) is 18.6. The molecule has 0 N–H and O–H groups in total. The summed E-state index contributed by atoms with van der Waals surface area (Å²) >= 11 is 7.96. The molecule has 154 valence electrons. The van der Waals surface area contributed by atoms with Crippen LogP contribution in [0.25, 0.3) is 11.3 Å². The predicted octanol–water partition coefficient (Wildman–Crippen LogP) is 4.67. The Balaban J connectivity index is 1.48. The Morgan fingerprint density at radius 2 is 1.87 bits per heavy atom. The minimum atomic E-state index is -0.0337. The number of nitrogens with zero attached hydrogens (tertiary/aromatic N) is 5. The minimum Gasteiger partial charge on any atom is -0.348 e. The molecule has 5 rings (SSSR count). The monoisotopic (exact) mass is 439 g/mol. The highest BCUT2D eigenvalue weighted by Crippen LogP contribution is 2.36. The third kappa shape index (κ3) is 3.36. The molecule has 0 saturated carbocycles. The van der Waals surface area contributed by atoms with Gasteiger partial charge >= 0.3 is 0 Å². The lowest BCUT2D eigenvalue weighted by molar-refractivity contribution is 0.0983. The van der Waals surface area contributed by atoms with E-state index in [4.69, 9.17) is 16.6 Å². The molecule has 0 atom stereocenters. The van der Waals surface area contributed by atoms with Crippen LogP contribution in [0.1, 0.15) is 39.3 Å². The van der Waals surface area contributed by atoms with Crippen LogP contribution in [0, 0.1) is 13.8 Å². The largest absolute Gasteiger partial charge is 0.348 e. The Kier molecular flexibility index (Phi) is 4.95. The van der Waals surface area contributed by atoms with E-state index < -0.39 is 0 Å². The fraction of sp³-hybridized carbons (Fsp3) is 0.364. The summed E-state index contributed by atoms with van der Waals surface area (Å²) in [4.78, 5) is 31.8. The van der Waals surface area contributed by atoms with Gasteiger partial charge in [-0.25, -0.2) is 9.97 Å². The molecule has 0 aromatic carbocycles. The van der Waals surface area contributed by atoms with Gasteiger partial charge in [0.25, 0.3) is 5.91 Å². The molecule has 5 heterocycles. The van der Waals surface area contributed by atoms with Gasteiger partial charge in [0.1, 0.15) is 10.7 Å². The van der Waals surface area contributed by atoms with Crippen molar-refractivity contribution >= 4 is 39.8 Å². The number of hydrogen-bond acceptors (Lipinski definition) is 6. The molecule has 0 unspecified atom stereocenters. The van der Waals surface area contributed by atoms with Crippen molar-refractivity contribution in [1.29, 1.82) is 0 Å². The molecule has 2 aliphatic rings. The maximum absolute atomic E-state index is 13.3. The van der Waals surface area contributed by atoms with Gasteiger partial charge in [-0.05, 0) is 43.9 Å². The number of carbonyl (C=O) groups excluding carboxylic acids is 1. The number of rotatable bonds is 3. The first-order chi connectivity index (χ1) is 14.5. The molecule has 30 heavy (non-hydrogen) atoms. The number of hydrogen-bond donors (Lipinski definition) is 0. The second-order valence-electron chi connectivity index (χ2n) is 7.87. The average Bonchev–Trinajstić information content (AvgIpc) is 3.39. The van der Waals surface area contributed by atoms with Crippen LogP contribution in [0.15, 0.2) is 24.5 Å². The van der Waals surface area contributed by atoms with E-state index in [1.165, 1.54) is 24.2 Å². The maximum atomic E-state index is 13.3. The Hall–Kier alpha value is -2.51. The number of anilines is 2. The number of amides is 1. The predicted molar refractivity (Wildman–Crippen MR) is 121 cm³/mol. The smallest absolute Gasteiger partial charge is 0.271 e. The van der Waals surface area contributed by atoms with E-state index in [-0.39, 0.29) is 5.91 Å². The van der Waals surface area contributed by atoms with E-state index in [0.29, 0.717) is 17.4 Å². The first kappa shape index (κ1) is 19.5. The Bertz CT molecular complexity index is 1140. The first-order valence-corrected chi connectivity index (χ1v) is 11.4. The first-order valence-electron chi connectivity index (χ1n) is 10.2. The summed E-state index contributed by atoms with van der Waals surface area (Å²) in [5.74, 6) is 0.566. The molecule has 1 saturated heterocycles. The van der Waals surface area contributed by atoms with E-state index in [0.717, 1.165) is 57.6 Å². The molecule has 0 bridgehead atoms. The van der Waals surface area contributed by atoms with Gasteiger partial charge in [0.15, 0.2) is 5.13 Å². The molecule has 3 aromatic rings. The lowest BCUT2D eigenvalue weighted by atomic mass is 10.1. The van der Waals surface area contributed by atoms with Gasteiger partial charge in [-0.15, -0.1) is 0 Å². The van der Waals surface area contributed by atoms with Crippen molar-refractivity contribution in [2.75, 3.05) is 29.4 Å². The van der Waals surface area contributed by atoms with Crippen molar-refractivity contribution in [1.82, 2.24) is 15.0 Å².